The van der Waals surface area contributed by atoms with Crippen LogP contribution in [0.25, 0.3) is 0 Å². The maximum Gasteiger partial charge on any atom is 0.163 e. The fourth-order valence-corrected chi connectivity index (χ4v) is 5.69. The Morgan fingerprint density at radius 3 is 2.50 bits per heavy atom. The van der Waals surface area contributed by atoms with E-state index in [2.05, 4.69) is 75.0 Å². The number of halogens is 1. The number of carbonyl (C=O) groups is 1. The molecule has 2 N–H and O–H groups in total. The first-order chi connectivity index (χ1) is 13.7. The maximum absolute atomic E-state index is 13.4. The number of rotatable bonds is 2. The summed E-state index contributed by atoms with van der Waals surface area (Å²) >= 11 is 4.11. The molecule has 0 saturated heterocycles. The standard InChI is InChI=1S/C23H19IN2OS/c24-16-7-2-1-6-15(16)23-22-19(25-17-8-3-4-9-18(17)26-23)12-14(13-20(22)27)21-10-5-11-28-21/h1-11,14,23,25-26H,12-13H2/t14-,23+/m1/s1. The minimum absolute atomic E-state index is 0.143. The number of para-hydroxylation sites is 2. The average Bonchev–Trinajstić information content (AvgIpc) is 3.17. The Morgan fingerprint density at radius 2 is 1.71 bits per heavy atom. The van der Waals surface area contributed by atoms with Crippen molar-refractivity contribution < 1.29 is 4.79 Å². The summed E-state index contributed by atoms with van der Waals surface area (Å²) in [4.78, 5) is 14.7. The number of anilines is 2. The normalized spacial score (nSPS) is 21.2. The van der Waals surface area contributed by atoms with Crippen LogP contribution in [-0.2, 0) is 4.79 Å². The molecule has 0 fully saturated rings. The Morgan fingerprint density at radius 1 is 0.929 bits per heavy atom. The molecule has 2 aliphatic rings. The summed E-state index contributed by atoms with van der Waals surface area (Å²) in [5.41, 5.74) is 5.15. The van der Waals surface area contributed by atoms with Gasteiger partial charge in [0.25, 0.3) is 0 Å². The summed E-state index contributed by atoms with van der Waals surface area (Å²) < 4.78 is 1.16. The summed E-state index contributed by atoms with van der Waals surface area (Å²) in [5.74, 6) is 0.483. The zero-order valence-corrected chi connectivity index (χ0v) is 18.1. The van der Waals surface area contributed by atoms with E-state index in [1.54, 1.807) is 11.3 Å². The van der Waals surface area contributed by atoms with E-state index in [4.69, 9.17) is 0 Å². The van der Waals surface area contributed by atoms with Gasteiger partial charge in [-0.1, -0.05) is 36.4 Å². The highest BCUT2D eigenvalue weighted by atomic mass is 127. The van der Waals surface area contributed by atoms with Crippen LogP contribution < -0.4 is 10.6 Å². The van der Waals surface area contributed by atoms with Gasteiger partial charge in [-0.25, -0.2) is 0 Å². The van der Waals surface area contributed by atoms with Crippen LogP contribution in [0.4, 0.5) is 11.4 Å². The number of Topliss-reactive ketones (excluding diaryl/α,β-unsaturated/α-hetero) is 1. The molecule has 3 nitrogen and oxygen atoms in total. The van der Waals surface area contributed by atoms with Gasteiger partial charge in [0.05, 0.1) is 17.4 Å². The van der Waals surface area contributed by atoms with Gasteiger partial charge in [0, 0.05) is 32.1 Å². The molecule has 0 saturated carbocycles. The predicted octanol–water partition coefficient (Wildman–Crippen LogP) is 6.33. The smallest absolute Gasteiger partial charge is 0.163 e. The molecule has 0 unspecified atom stereocenters. The number of fused-ring (bicyclic) bond motifs is 1. The van der Waals surface area contributed by atoms with E-state index >= 15 is 0 Å². The highest BCUT2D eigenvalue weighted by Crippen LogP contribution is 2.45. The molecule has 0 spiro atoms. The number of hydrogen-bond acceptors (Lipinski definition) is 4. The molecule has 2 atom stereocenters. The van der Waals surface area contributed by atoms with Gasteiger partial charge in [-0.3, -0.25) is 4.79 Å². The van der Waals surface area contributed by atoms with Crippen molar-refractivity contribution in [3.05, 3.63) is 91.3 Å². The van der Waals surface area contributed by atoms with Crippen molar-refractivity contribution in [1.29, 1.82) is 0 Å². The quantitative estimate of drug-likeness (QED) is 0.406. The molecule has 0 amide bonds. The second kappa shape index (κ2) is 7.37. The lowest BCUT2D eigenvalue weighted by atomic mass is 9.81. The van der Waals surface area contributed by atoms with Crippen LogP contribution >= 0.6 is 33.9 Å². The average molecular weight is 498 g/mol. The summed E-state index contributed by atoms with van der Waals surface area (Å²) in [6, 6.07) is 20.6. The largest absolute Gasteiger partial charge is 0.372 e. The molecule has 1 aliphatic carbocycles. The molecular weight excluding hydrogens is 479 g/mol. The third-order valence-corrected chi connectivity index (χ3v) is 7.49. The first kappa shape index (κ1) is 17.9. The molecule has 3 aromatic rings. The van der Waals surface area contributed by atoms with Crippen molar-refractivity contribution in [1.82, 2.24) is 0 Å². The Kier molecular flexibility index (Phi) is 4.72. The summed E-state index contributed by atoms with van der Waals surface area (Å²) in [6.07, 6.45) is 1.43. The zero-order valence-electron chi connectivity index (χ0n) is 15.1. The number of thiophene rings is 1. The number of ketones is 1. The zero-order chi connectivity index (χ0) is 19.1. The van der Waals surface area contributed by atoms with Gasteiger partial charge < -0.3 is 10.6 Å². The Bertz CT molecular complexity index is 1070. The number of nitrogens with one attached hydrogen (secondary N) is 2. The minimum Gasteiger partial charge on any atom is -0.372 e. The Labute approximate surface area is 182 Å². The van der Waals surface area contributed by atoms with Gasteiger partial charge in [-0.15, -0.1) is 11.3 Å². The van der Waals surface area contributed by atoms with Crippen LogP contribution in [0, 0.1) is 3.57 Å². The van der Waals surface area contributed by atoms with Crippen molar-refractivity contribution in [3.8, 4) is 0 Å². The number of hydrogen-bond donors (Lipinski definition) is 2. The van der Waals surface area contributed by atoms with E-state index in [1.165, 1.54) is 4.88 Å². The highest BCUT2D eigenvalue weighted by Gasteiger charge is 2.36. The molecule has 28 heavy (non-hydrogen) atoms. The van der Waals surface area contributed by atoms with Gasteiger partial charge >= 0.3 is 0 Å². The van der Waals surface area contributed by atoms with E-state index in [1.807, 2.05) is 24.3 Å². The number of carbonyl (C=O) groups excluding carboxylic acids is 1. The lowest BCUT2D eigenvalue weighted by molar-refractivity contribution is -0.116. The fourth-order valence-electron chi connectivity index (χ4n) is 4.16. The Hall–Kier alpha value is -2.12. The van der Waals surface area contributed by atoms with E-state index in [-0.39, 0.29) is 17.7 Å². The van der Waals surface area contributed by atoms with Crippen molar-refractivity contribution >= 4 is 51.1 Å². The fraction of sp³-hybridized carbons (Fsp3) is 0.174. The van der Waals surface area contributed by atoms with Crippen molar-refractivity contribution in [3.63, 3.8) is 0 Å². The molecule has 2 aromatic carbocycles. The molecular formula is C23H19IN2OS. The van der Waals surface area contributed by atoms with E-state index in [0.29, 0.717) is 6.42 Å². The lowest BCUT2D eigenvalue weighted by Crippen LogP contribution is -2.27. The number of benzene rings is 2. The molecule has 140 valence electrons. The van der Waals surface area contributed by atoms with Gasteiger partial charge in [-0.05, 0) is 64.2 Å². The molecule has 0 bridgehead atoms. The van der Waals surface area contributed by atoms with E-state index in [0.717, 1.165) is 38.2 Å². The highest BCUT2D eigenvalue weighted by molar-refractivity contribution is 14.1. The second-order valence-electron chi connectivity index (χ2n) is 7.21. The molecule has 2 heterocycles. The summed E-state index contributed by atoms with van der Waals surface area (Å²) in [5, 5.41) is 9.35. The minimum atomic E-state index is -0.143. The van der Waals surface area contributed by atoms with E-state index < -0.39 is 0 Å². The summed E-state index contributed by atoms with van der Waals surface area (Å²) in [6.45, 7) is 0. The first-order valence-corrected chi connectivity index (χ1v) is 11.3. The van der Waals surface area contributed by atoms with Gasteiger partial charge in [0.1, 0.15) is 0 Å². The topological polar surface area (TPSA) is 41.1 Å². The molecule has 5 heteroatoms. The van der Waals surface area contributed by atoms with Crippen molar-refractivity contribution in [2.24, 2.45) is 0 Å². The van der Waals surface area contributed by atoms with Crippen LogP contribution in [0.1, 0.15) is 35.2 Å². The molecule has 1 aromatic heterocycles. The second-order valence-corrected chi connectivity index (χ2v) is 9.35. The third kappa shape index (κ3) is 3.16. The monoisotopic (exact) mass is 498 g/mol. The van der Waals surface area contributed by atoms with Gasteiger partial charge in [0.15, 0.2) is 5.78 Å². The summed E-state index contributed by atoms with van der Waals surface area (Å²) in [7, 11) is 0. The van der Waals surface area contributed by atoms with Gasteiger partial charge in [-0.2, -0.15) is 0 Å². The van der Waals surface area contributed by atoms with E-state index in [9.17, 15) is 4.79 Å². The van der Waals surface area contributed by atoms with Crippen LogP contribution in [0.3, 0.4) is 0 Å². The van der Waals surface area contributed by atoms with Crippen LogP contribution in [0.15, 0.2) is 77.3 Å². The van der Waals surface area contributed by atoms with Crippen molar-refractivity contribution in [2.75, 3.05) is 10.6 Å². The Balaban J connectivity index is 1.65. The number of allylic oxidation sites excluding steroid dienone is 1. The van der Waals surface area contributed by atoms with Crippen LogP contribution in [-0.4, -0.2) is 5.78 Å². The predicted molar refractivity (Wildman–Crippen MR) is 124 cm³/mol. The first-order valence-electron chi connectivity index (χ1n) is 9.37. The SMILES string of the molecule is O=C1C[C@H](c2cccs2)CC2=C1[C@H](c1ccccc1I)Nc1ccccc1N2. The lowest BCUT2D eigenvalue weighted by Gasteiger charge is -2.29. The third-order valence-electron chi connectivity index (χ3n) is 5.47. The molecule has 1 aliphatic heterocycles. The van der Waals surface area contributed by atoms with Gasteiger partial charge in [0.2, 0.25) is 0 Å². The van der Waals surface area contributed by atoms with Crippen LogP contribution in [0.5, 0.6) is 0 Å². The molecule has 0 radical (unpaired) electrons. The molecule has 5 rings (SSSR count). The van der Waals surface area contributed by atoms with Crippen LogP contribution in [0.2, 0.25) is 0 Å². The van der Waals surface area contributed by atoms with Crippen molar-refractivity contribution in [2.45, 2.75) is 24.8 Å². The maximum atomic E-state index is 13.4.